The van der Waals surface area contributed by atoms with E-state index in [9.17, 15) is 4.79 Å². The third-order valence-corrected chi connectivity index (χ3v) is 3.82. The van der Waals surface area contributed by atoms with Crippen LogP contribution in [0.2, 0.25) is 0 Å². The van der Waals surface area contributed by atoms with E-state index in [1.54, 1.807) is 27.2 Å². The maximum atomic E-state index is 11.7. The highest BCUT2D eigenvalue weighted by Crippen LogP contribution is 2.42. The van der Waals surface area contributed by atoms with E-state index < -0.39 is 0 Å². The second-order valence-electron chi connectivity index (χ2n) is 5.29. The van der Waals surface area contributed by atoms with Gasteiger partial charge in [0.1, 0.15) is 0 Å². The van der Waals surface area contributed by atoms with Crippen molar-refractivity contribution in [2.75, 3.05) is 27.6 Å². The van der Waals surface area contributed by atoms with Crippen molar-refractivity contribution in [3.63, 3.8) is 0 Å². The molecular weight excluding hydrogens is 320 g/mol. The summed E-state index contributed by atoms with van der Waals surface area (Å²) in [6, 6.07) is 7.85. The summed E-state index contributed by atoms with van der Waals surface area (Å²) < 4.78 is 21.5. The first-order valence-corrected chi connectivity index (χ1v) is 8.25. The van der Waals surface area contributed by atoms with Crippen LogP contribution in [0.1, 0.15) is 25.0 Å². The molecule has 5 heteroatoms. The van der Waals surface area contributed by atoms with Gasteiger partial charge in [-0.1, -0.05) is 31.2 Å². The highest BCUT2D eigenvalue weighted by molar-refractivity contribution is 6.00. The van der Waals surface area contributed by atoms with Crippen molar-refractivity contribution in [2.24, 2.45) is 0 Å². The van der Waals surface area contributed by atoms with E-state index in [0.717, 1.165) is 28.3 Å². The lowest BCUT2D eigenvalue weighted by Gasteiger charge is -2.19. The Morgan fingerprint density at radius 2 is 1.80 bits per heavy atom. The number of carbonyl (C=O) groups is 1. The van der Waals surface area contributed by atoms with E-state index in [1.807, 2.05) is 31.2 Å². The number of rotatable bonds is 8. The summed E-state index contributed by atoms with van der Waals surface area (Å²) in [4.78, 5) is 11.7. The lowest BCUT2D eigenvalue weighted by atomic mass is 9.95. The molecule has 0 saturated carbocycles. The van der Waals surface area contributed by atoms with Crippen LogP contribution in [0.15, 0.2) is 30.3 Å². The Morgan fingerprint density at radius 1 is 1.08 bits per heavy atom. The molecule has 0 aromatic heterocycles. The summed E-state index contributed by atoms with van der Waals surface area (Å²) in [6.07, 6.45) is 3.95. The molecule has 0 amide bonds. The third kappa shape index (κ3) is 4.12. The van der Waals surface area contributed by atoms with Gasteiger partial charge in [-0.25, -0.2) is 4.79 Å². The fourth-order valence-corrected chi connectivity index (χ4v) is 2.82. The van der Waals surface area contributed by atoms with Crippen LogP contribution in [0.5, 0.6) is 11.5 Å². The van der Waals surface area contributed by atoms with E-state index >= 15 is 0 Å². The molecule has 0 N–H and O–H groups in total. The van der Waals surface area contributed by atoms with Crippen LogP contribution in [0.25, 0.3) is 16.8 Å². The van der Waals surface area contributed by atoms with Crippen LogP contribution < -0.4 is 9.47 Å². The Morgan fingerprint density at radius 3 is 2.40 bits per heavy atom. The minimum Gasteiger partial charge on any atom is -0.493 e. The first kappa shape index (κ1) is 18.8. The molecule has 0 saturated heterocycles. The Bertz CT molecular complexity index is 764. The largest absolute Gasteiger partial charge is 0.493 e. The van der Waals surface area contributed by atoms with Crippen molar-refractivity contribution in [2.45, 2.75) is 20.3 Å². The van der Waals surface area contributed by atoms with Crippen molar-refractivity contribution in [1.29, 1.82) is 0 Å². The van der Waals surface area contributed by atoms with Gasteiger partial charge in [0.15, 0.2) is 18.3 Å². The predicted octanol–water partition coefficient (Wildman–Crippen LogP) is 3.97. The maximum Gasteiger partial charge on any atom is 0.330 e. The van der Waals surface area contributed by atoms with Gasteiger partial charge in [0.25, 0.3) is 0 Å². The molecule has 25 heavy (non-hydrogen) atoms. The number of esters is 1. The Hall–Kier alpha value is -2.53. The average molecular weight is 344 g/mol. The monoisotopic (exact) mass is 344 g/mol. The van der Waals surface area contributed by atoms with Crippen LogP contribution in [0, 0.1) is 0 Å². The van der Waals surface area contributed by atoms with E-state index in [4.69, 9.17) is 18.9 Å². The summed E-state index contributed by atoms with van der Waals surface area (Å²) in [5.41, 5.74) is 1.89. The van der Waals surface area contributed by atoms with Gasteiger partial charge >= 0.3 is 5.97 Å². The number of carbonyl (C=O) groups excluding carboxylic acids is 1. The predicted molar refractivity (Wildman–Crippen MR) is 98.0 cm³/mol. The normalized spacial score (nSPS) is 11.0. The summed E-state index contributed by atoms with van der Waals surface area (Å²) in [5.74, 6) is 0.930. The molecule has 5 nitrogen and oxygen atoms in total. The Labute approximate surface area is 148 Å². The number of hydrogen-bond acceptors (Lipinski definition) is 5. The zero-order valence-corrected chi connectivity index (χ0v) is 15.1. The van der Waals surface area contributed by atoms with E-state index in [0.29, 0.717) is 18.1 Å². The standard InChI is InChI=1S/C20H24O5/c1-5-14-16(11-12-18(21)24-6-2)15-9-7-8-10-17(15)20(19(14)23-4)25-13-22-3/h7-12H,5-6,13H2,1-4H3/b12-11-. The van der Waals surface area contributed by atoms with E-state index in [1.165, 1.54) is 6.08 Å². The fraction of sp³-hybridized carbons (Fsp3) is 0.350. The third-order valence-electron chi connectivity index (χ3n) is 3.82. The first-order valence-electron chi connectivity index (χ1n) is 8.25. The molecule has 0 aliphatic heterocycles. The first-order chi connectivity index (χ1) is 12.2. The van der Waals surface area contributed by atoms with Crippen molar-refractivity contribution < 1.29 is 23.7 Å². The maximum absolute atomic E-state index is 11.7. The highest BCUT2D eigenvalue weighted by atomic mass is 16.7. The minimum atomic E-state index is -0.368. The number of hydrogen-bond donors (Lipinski definition) is 0. The molecule has 0 atom stereocenters. The molecule has 0 bridgehead atoms. The van der Waals surface area contributed by atoms with Crippen molar-refractivity contribution in [3.05, 3.63) is 41.5 Å². The highest BCUT2D eigenvalue weighted by Gasteiger charge is 2.19. The molecule has 0 radical (unpaired) electrons. The van der Waals surface area contributed by atoms with Gasteiger partial charge in [-0.2, -0.15) is 0 Å². The number of benzene rings is 2. The summed E-state index contributed by atoms with van der Waals surface area (Å²) in [7, 11) is 3.19. The van der Waals surface area contributed by atoms with Gasteiger partial charge in [-0.3, -0.25) is 0 Å². The van der Waals surface area contributed by atoms with Crippen LogP contribution in [-0.4, -0.2) is 33.6 Å². The topological polar surface area (TPSA) is 54.0 Å². The Balaban J connectivity index is 2.70. The van der Waals surface area contributed by atoms with E-state index in [2.05, 4.69) is 0 Å². The van der Waals surface area contributed by atoms with Gasteiger partial charge in [-0.05, 0) is 30.4 Å². The molecule has 0 heterocycles. The van der Waals surface area contributed by atoms with E-state index in [-0.39, 0.29) is 12.8 Å². The number of fused-ring (bicyclic) bond motifs is 1. The molecular formula is C20H24O5. The summed E-state index contributed by atoms with van der Waals surface area (Å²) in [5, 5.41) is 1.88. The van der Waals surface area contributed by atoms with Gasteiger partial charge in [-0.15, -0.1) is 0 Å². The second kappa shape index (κ2) is 9.08. The average Bonchev–Trinajstić information content (AvgIpc) is 2.64. The van der Waals surface area contributed by atoms with Crippen LogP contribution in [0.3, 0.4) is 0 Å². The summed E-state index contributed by atoms with van der Waals surface area (Å²) >= 11 is 0. The van der Waals surface area contributed by atoms with Crippen molar-refractivity contribution in [1.82, 2.24) is 0 Å². The summed E-state index contributed by atoms with van der Waals surface area (Å²) in [6.45, 7) is 4.29. The molecule has 0 fully saturated rings. The molecule has 2 aromatic carbocycles. The fourth-order valence-electron chi connectivity index (χ4n) is 2.82. The van der Waals surface area contributed by atoms with Crippen LogP contribution in [-0.2, 0) is 20.7 Å². The molecule has 0 spiro atoms. The quantitative estimate of drug-likeness (QED) is 0.412. The van der Waals surface area contributed by atoms with Crippen molar-refractivity contribution in [3.8, 4) is 11.5 Å². The number of methoxy groups -OCH3 is 2. The minimum absolute atomic E-state index is 0.127. The van der Waals surface area contributed by atoms with Gasteiger partial charge in [0.05, 0.1) is 13.7 Å². The molecule has 2 aromatic rings. The Kier molecular flexibility index (Phi) is 6.83. The number of ether oxygens (including phenoxy) is 4. The van der Waals surface area contributed by atoms with Crippen molar-refractivity contribution >= 4 is 22.8 Å². The molecule has 134 valence electrons. The smallest absolute Gasteiger partial charge is 0.330 e. The molecule has 2 rings (SSSR count). The van der Waals surface area contributed by atoms with Crippen LogP contribution >= 0.6 is 0 Å². The molecule has 0 aliphatic rings. The second-order valence-corrected chi connectivity index (χ2v) is 5.29. The van der Waals surface area contributed by atoms with Gasteiger partial charge < -0.3 is 18.9 Å². The molecule has 0 unspecified atom stereocenters. The zero-order chi connectivity index (χ0) is 18.2. The zero-order valence-electron chi connectivity index (χ0n) is 15.1. The van der Waals surface area contributed by atoms with Gasteiger partial charge in [0, 0.05) is 24.1 Å². The lowest BCUT2D eigenvalue weighted by molar-refractivity contribution is -0.137. The SMILES string of the molecule is CCOC(=O)/C=C\c1c(CC)c(OC)c(OCOC)c2ccccc12. The van der Waals surface area contributed by atoms with Crippen LogP contribution in [0.4, 0.5) is 0 Å². The molecule has 0 aliphatic carbocycles. The van der Waals surface area contributed by atoms with Gasteiger partial charge in [0.2, 0.25) is 0 Å². The lowest BCUT2D eigenvalue weighted by Crippen LogP contribution is -2.05.